The maximum absolute atomic E-state index is 12.7. The van der Waals surface area contributed by atoms with Crippen molar-refractivity contribution < 1.29 is 34.2 Å². The van der Waals surface area contributed by atoms with Gasteiger partial charge in [0.05, 0.1) is 12.5 Å². The fourth-order valence-corrected chi connectivity index (χ4v) is 2.75. The van der Waals surface area contributed by atoms with Gasteiger partial charge in [-0.3, -0.25) is 19.2 Å². The normalized spacial score (nSPS) is 15.1. The molecule has 0 saturated heterocycles. The molecular weight excluding hydrogens is 416 g/mol. The number of nitrogens with two attached hydrogens (primary N) is 1. The van der Waals surface area contributed by atoms with Crippen LogP contribution in [0.25, 0.3) is 0 Å². The number of aliphatic carboxylic acids is 2. The molecular formula is C18H32N4O7S. The van der Waals surface area contributed by atoms with Crippen molar-refractivity contribution in [3.63, 3.8) is 0 Å². The molecule has 0 aliphatic carbocycles. The molecule has 172 valence electrons. The molecule has 0 radical (unpaired) electrons. The highest BCUT2D eigenvalue weighted by molar-refractivity contribution is 7.80. The van der Waals surface area contributed by atoms with Gasteiger partial charge in [-0.2, -0.15) is 12.6 Å². The molecule has 4 atom stereocenters. The summed E-state index contributed by atoms with van der Waals surface area (Å²) >= 11 is 4.04. The molecule has 0 rings (SSSR count). The molecule has 3 amide bonds. The summed E-state index contributed by atoms with van der Waals surface area (Å²) in [6.07, 6.45) is -0.392. The molecule has 0 fully saturated rings. The summed E-state index contributed by atoms with van der Waals surface area (Å²) in [7, 11) is 0. The Morgan fingerprint density at radius 3 is 1.77 bits per heavy atom. The smallest absolute Gasteiger partial charge is 0.326 e. The van der Waals surface area contributed by atoms with E-state index in [2.05, 4.69) is 28.6 Å². The second-order valence-electron chi connectivity index (χ2n) is 7.71. The van der Waals surface area contributed by atoms with Crippen LogP contribution in [0.3, 0.4) is 0 Å². The number of carbonyl (C=O) groups is 5. The van der Waals surface area contributed by atoms with Crippen molar-refractivity contribution in [2.24, 2.45) is 17.6 Å². The zero-order valence-corrected chi connectivity index (χ0v) is 18.4. The van der Waals surface area contributed by atoms with Gasteiger partial charge >= 0.3 is 11.9 Å². The van der Waals surface area contributed by atoms with Gasteiger partial charge in [-0.25, -0.2) is 4.79 Å². The largest absolute Gasteiger partial charge is 0.481 e. The number of carbonyl (C=O) groups excluding carboxylic acids is 3. The number of thiol groups is 1. The predicted molar refractivity (Wildman–Crippen MR) is 112 cm³/mol. The summed E-state index contributed by atoms with van der Waals surface area (Å²) in [4.78, 5) is 59.2. The first kappa shape index (κ1) is 27.7. The third-order valence-electron chi connectivity index (χ3n) is 4.12. The topological polar surface area (TPSA) is 188 Å². The van der Waals surface area contributed by atoms with Crippen LogP contribution >= 0.6 is 12.6 Å². The highest BCUT2D eigenvalue weighted by atomic mass is 32.1. The van der Waals surface area contributed by atoms with Gasteiger partial charge < -0.3 is 31.9 Å². The first-order valence-electron chi connectivity index (χ1n) is 9.52. The second kappa shape index (κ2) is 13.1. The minimum atomic E-state index is -1.34. The third-order valence-corrected chi connectivity index (χ3v) is 4.48. The van der Waals surface area contributed by atoms with E-state index in [1.54, 1.807) is 13.8 Å². The fraction of sp³-hybridized carbons (Fsp3) is 0.722. The van der Waals surface area contributed by atoms with Crippen molar-refractivity contribution in [2.75, 3.05) is 5.75 Å². The zero-order chi connectivity index (χ0) is 23.6. The highest BCUT2D eigenvalue weighted by Crippen LogP contribution is 2.07. The standard InChI is InChI=1S/C18H32N4O7S/c1-8(2)5-11(20-15(25)10(19)6-13(23)24)16(26)21-12(7-30)17(27)22-14(9(3)4)18(28)29/h8-12,14,30H,5-7,19H2,1-4H3,(H,20,25)(H,21,26)(H,22,27)(H,23,24)(H,28,29). The summed E-state index contributed by atoms with van der Waals surface area (Å²) in [6.45, 7) is 6.88. The van der Waals surface area contributed by atoms with E-state index in [9.17, 15) is 29.1 Å². The van der Waals surface area contributed by atoms with Crippen molar-refractivity contribution in [3.05, 3.63) is 0 Å². The number of hydrogen-bond donors (Lipinski definition) is 7. The van der Waals surface area contributed by atoms with Gasteiger partial charge in [0.25, 0.3) is 0 Å². The fourth-order valence-electron chi connectivity index (χ4n) is 2.50. The number of amides is 3. The molecule has 0 aliphatic rings. The Morgan fingerprint density at radius 1 is 0.867 bits per heavy atom. The maximum atomic E-state index is 12.7. The average Bonchev–Trinajstić information content (AvgIpc) is 2.61. The minimum Gasteiger partial charge on any atom is -0.481 e. The van der Waals surface area contributed by atoms with E-state index in [1.165, 1.54) is 0 Å². The molecule has 0 aromatic heterocycles. The molecule has 7 N–H and O–H groups in total. The molecule has 0 heterocycles. The van der Waals surface area contributed by atoms with Crippen molar-refractivity contribution in [2.45, 2.75) is 64.7 Å². The molecule has 0 aliphatic heterocycles. The Balaban J connectivity index is 5.25. The van der Waals surface area contributed by atoms with Gasteiger partial charge in [-0.15, -0.1) is 0 Å². The Hall–Kier alpha value is -2.34. The number of hydrogen-bond acceptors (Lipinski definition) is 7. The number of carboxylic acids is 2. The highest BCUT2D eigenvalue weighted by Gasteiger charge is 2.31. The lowest BCUT2D eigenvalue weighted by Gasteiger charge is -2.26. The summed E-state index contributed by atoms with van der Waals surface area (Å²) in [5, 5.41) is 25.2. The SMILES string of the molecule is CC(C)CC(NC(=O)C(N)CC(=O)O)C(=O)NC(CS)C(=O)NC(C(=O)O)C(C)C. The van der Waals surface area contributed by atoms with E-state index < -0.39 is 60.2 Å². The van der Waals surface area contributed by atoms with Crippen molar-refractivity contribution in [3.8, 4) is 0 Å². The van der Waals surface area contributed by atoms with Gasteiger partial charge in [0.15, 0.2) is 0 Å². The summed E-state index contributed by atoms with van der Waals surface area (Å²) < 4.78 is 0. The van der Waals surface area contributed by atoms with E-state index in [0.29, 0.717) is 0 Å². The van der Waals surface area contributed by atoms with E-state index in [0.717, 1.165) is 0 Å². The zero-order valence-electron chi connectivity index (χ0n) is 17.5. The Labute approximate surface area is 180 Å². The third kappa shape index (κ3) is 9.92. The monoisotopic (exact) mass is 448 g/mol. The summed E-state index contributed by atoms with van der Waals surface area (Å²) in [5.74, 6) is -5.20. The van der Waals surface area contributed by atoms with Crippen LogP contribution in [0.15, 0.2) is 0 Å². The first-order valence-corrected chi connectivity index (χ1v) is 10.1. The molecule has 30 heavy (non-hydrogen) atoms. The lowest BCUT2D eigenvalue weighted by Crippen LogP contribution is -2.58. The second-order valence-corrected chi connectivity index (χ2v) is 8.07. The Kier molecular flexibility index (Phi) is 12.0. The predicted octanol–water partition coefficient (Wildman–Crippen LogP) is -1.04. The molecule has 0 aromatic rings. The van der Waals surface area contributed by atoms with E-state index >= 15 is 0 Å². The molecule has 11 nitrogen and oxygen atoms in total. The van der Waals surface area contributed by atoms with Crippen molar-refractivity contribution >= 4 is 42.3 Å². The number of carboxylic acid groups (broad SMARTS) is 2. The van der Waals surface area contributed by atoms with Crippen LogP contribution in [0.4, 0.5) is 0 Å². The number of rotatable bonds is 13. The Morgan fingerprint density at radius 2 is 1.37 bits per heavy atom. The number of nitrogens with one attached hydrogen (secondary N) is 3. The van der Waals surface area contributed by atoms with E-state index in [1.807, 2.05) is 13.8 Å². The van der Waals surface area contributed by atoms with Crippen molar-refractivity contribution in [1.29, 1.82) is 0 Å². The van der Waals surface area contributed by atoms with E-state index in [4.69, 9.17) is 10.8 Å². The van der Waals surface area contributed by atoms with Crippen LogP contribution in [-0.2, 0) is 24.0 Å². The van der Waals surface area contributed by atoms with Crippen LogP contribution in [0.5, 0.6) is 0 Å². The van der Waals surface area contributed by atoms with Gasteiger partial charge in [-0.1, -0.05) is 27.7 Å². The van der Waals surface area contributed by atoms with Gasteiger partial charge in [-0.05, 0) is 18.3 Å². The summed E-state index contributed by atoms with van der Waals surface area (Å²) in [6, 6.07) is -4.68. The van der Waals surface area contributed by atoms with Gasteiger partial charge in [0.2, 0.25) is 17.7 Å². The lowest BCUT2D eigenvalue weighted by molar-refractivity contribution is -0.143. The van der Waals surface area contributed by atoms with Crippen LogP contribution in [-0.4, -0.2) is 69.8 Å². The molecule has 0 saturated carbocycles. The first-order chi connectivity index (χ1) is 13.8. The quantitative estimate of drug-likeness (QED) is 0.174. The maximum Gasteiger partial charge on any atom is 0.326 e. The van der Waals surface area contributed by atoms with Crippen LogP contribution in [0, 0.1) is 11.8 Å². The van der Waals surface area contributed by atoms with Crippen LogP contribution < -0.4 is 21.7 Å². The van der Waals surface area contributed by atoms with Crippen LogP contribution in [0.1, 0.15) is 40.5 Å². The molecule has 4 unspecified atom stereocenters. The minimum absolute atomic E-state index is 0.0163. The average molecular weight is 449 g/mol. The van der Waals surface area contributed by atoms with Crippen molar-refractivity contribution in [1.82, 2.24) is 16.0 Å². The molecule has 12 heteroatoms. The van der Waals surface area contributed by atoms with E-state index in [-0.39, 0.29) is 24.0 Å². The van der Waals surface area contributed by atoms with Gasteiger partial charge in [0.1, 0.15) is 18.1 Å². The van der Waals surface area contributed by atoms with Gasteiger partial charge in [0, 0.05) is 5.75 Å². The molecule has 0 bridgehead atoms. The van der Waals surface area contributed by atoms with Crippen LogP contribution in [0.2, 0.25) is 0 Å². The lowest BCUT2D eigenvalue weighted by atomic mass is 10.0. The molecule has 0 spiro atoms. The Bertz CT molecular complexity index is 642. The summed E-state index contributed by atoms with van der Waals surface area (Å²) in [5.41, 5.74) is 5.53. The molecule has 0 aromatic carbocycles.